The second kappa shape index (κ2) is 7.96. The number of nitrogens with one attached hydrogen (secondary N) is 1. The fourth-order valence-electron chi connectivity index (χ4n) is 4.71. The molecule has 7 heteroatoms. The summed E-state index contributed by atoms with van der Waals surface area (Å²) in [5, 5.41) is 6.09. The van der Waals surface area contributed by atoms with Gasteiger partial charge in [-0.05, 0) is 58.6 Å². The van der Waals surface area contributed by atoms with Crippen molar-refractivity contribution in [2.45, 2.75) is 51.2 Å². The quantitative estimate of drug-likeness (QED) is 0.632. The summed E-state index contributed by atoms with van der Waals surface area (Å²) in [7, 11) is 0. The number of ether oxygens (including phenoxy) is 1. The van der Waals surface area contributed by atoms with Gasteiger partial charge in [-0.2, -0.15) is 5.10 Å². The van der Waals surface area contributed by atoms with Crippen molar-refractivity contribution in [3.63, 3.8) is 0 Å². The lowest BCUT2D eigenvalue weighted by molar-refractivity contribution is -0.0714. The molecule has 2 aliphatic rings. The molecule has 3 aromatic heterocycles. The topological polar surface area (TPSA) is 71.3 Å². The molecule has 0 amide bonds. The standard InChI is InChI=1S/C23H30N6O/c1-15(2)29-22(16-4-6-28(7-5-16)19-13-30-14-19)9-21(27-29)17-8-20-18(10-24-3)12-26-23(20)25-11-17/h8-9,11-12,15-16,19H,3-7,10,13-14H2,1-2H3,(H,25,26). The van der Waals surface area contributed by atoms with E-state index >= 15 is 0 Å². The maximum Gasteiger partial charge on any atom is 0.137 e. The van der Waals surface area contributed by atoms with E-state index in [9.17, 15) is 0 Å². The Morgan fingerprint density at radius 1 is 1.27 bits per heavy atom. The minimum atomic E-state index is 0.330. The molecule has 0 saturated carbocycles. The first kappa shape index (κ1) is 19.5. The van der Waals surface area contributed by atoms with Crippen molar-refractivity contribution in [1.82, 2.24) is 24.6 Å². The van der Waals surface area contributed by atoms with Crippen molar-refractivity contribution < 1.29 is 4.74 Å². The number of hydrogen-bond donors (Lipinski definition) is 1. The van der Waals surface area contributed by atoms with Crippen LogP contribution in [0.15, 0.2) is 29.5 Å². The molecule has 0 atom stereocenters. The first-order valence-corrected chi connectivity index (χ1v) is 10.9. The number of aromatic nitrogens is 4. The zero-order chi connectivity index (χ0) is 20.7. The first-order valence-electron chi connectivity index (χ1n) is 10.9. The SMILES string of the molecule is C=NCc1c[nH]c2ncc(-c3cc(C4CCN(C5COC5)CC4)n(C(C)C)n3)cc12. The van der Waals surface area contributed by atoms with E-state index in [1.165, 1.54) is 18.5 Å². The largest absolute Gasteiger partial charge is 0.378 e. The van der Waals surface area contributed by atoms with E-state index in [1.807, 2.05) is 12.4 Å². The summed E-state index contributed by atoms with van der Waals surface area (Å²) in [5.74, 6) is 0.551. The highest BCUT2D eigenvalue weighted by Gasteiger charge is 2.31. The summed E-state index contributed by atoms with van der Waals surface area (Å²) >= 11 is 0. The van der Waals surface area contributed by atoms with Crippen molar-refractivity contribution in [2.75, 3.05) is 26.3 Å². The van der Waals surface area contributed by atoms with E-state index < -0.39 is 0 Å². The Morgan fingerprint density at radius 3 is 2.73 bits per heavy atom. The molecule has 0 aliphatic carbocycles. The fourth-order valence-corrected chi connectivity index (χ4v) is 4.71. The van der Waals surface area contributed by atoms with Crippen molar-refractivity contribution in [2.24, 2.45) is 4.99 Å². The number of aromatic amines is 1. The van der Waals surface area contributed by atoms with Gasteiger partial charge in [0.25, 0.3) is 0 Å². The highest BCUT2D eigenvalue weighted by Crippen LogP contribution is 2.34. The van der Waals surface area contributed by atoms with Gasteiger partial charge in [0.15, 0.2) is 0 Å². The highest BCUT2D eigenvalue weighted by molar-refractivity contribution is 5.84. The average Bonchev–Trinajstić information content (AvgIpc) is 3.32. The van der Waals surface area contributed by atoms with E-state index in [2.05, 4.69) is 57.2 Å². The lowest BCUT2D eigenvalue weighted by atomic mass is 9.91. The highest BCUT2D eigenvalue weighted by atomic mass is 16.5. The number of fused-ring (bicyclic) bond motifs is 1. The number of aliphatic imine (C=N–C) groups is 1. The molecule has 2 fully saturated rings. The first-order chi connectivity index (χ1) is 14.6. The molecule has 0 bridgehead atoms. The van der Waals surface area contributed by atoms with Crippen LogP contribution < -0.4 is 0 Å². The molecule has 3 aromatic rings. The molecule has 5 heterocycles. The zero-order valence-electron chi connectivity index (χ0n) is 17.8. The third-order valence-corrected chi connectivity index (χ3v) is 6.53. The summed E-state index contributed by atoms with van der Waals surface area (Å²) in [6, 6.07) is 5.43. The Hall–Kier alpha value is -2.51. The van der Waals surface area contributed by atoms with E-state index in [4.69, 9.17) is 9.84 Å². The molecule has 30 heavy (non-hydrogen) atoms. The van der Waals surface area contributed by atoms with Crippen LogP contribution in [0, 0.1) is 0 Å². The monoisotopic (exact) mass is 406 g/mol. The Labute approximate surface area is 177 Å². The minimum Gasteiger partial charge on any atom is -0.378 e. The Bertz CT molecular complexity index is 1040. The second-order valence-corrected chi connectivity index (χ2v) is 8.81. The smallest absolute Gasteiger partial charge is 0.137 e. The molecule has 7 nitrogen and oxygen atoms in total. The molecular weight excluding hydrogens is 376 g/mol. The molecule has 1 N–H and O–H groups in total. The van der Waals surface area contributed by atoms with Crippen LogP contribution in [0.25, 0.3) is 22.3 Å². The predicted molar refractivity (Wildman–Crippen MR) is 119 cm³/mol. The van der Waals surface area contributed by atoms with Crippen molar-refractivity contribution in [3.05, 3.63) is 35.8 Å². The van der Waals surface area contributed by atoms with Crippen LogP contribution in [0.4, 0.5) is 0 Å². The van der Waals surface area contributed by atoms with Crippen LogP contribution in [0.2, 0.25) is 0 Å². The van der Waals surface area contributed by atoms with Gasteiger partial charge in [-0.3, -0.25) is 14.6 Å². The maximum absolute atomic E-state index is 5.38. The second-order valence-electron chi connectivity index (χ2n) is 8.81. The maximum atomic E-state index is 5.38. The Kier molecular flexibility index (Phi) is 5.16. The molecular formula is C23H30N6O. The molecule has 5 rings (SSSR count). The summed E-state index contributed by atoms with van der Waals surface area (Å²) in [6.45, 7) is 12.7. The third kappa shape index (κ3) is 3.46. The van der Waals surface area contributed by atoms with Gasteiger partial charge in [-0.25, -0.2) is 4.98 Å². The number of rotatable bonds is 6. The minimum absolute atomic E-state index is 0.330. The van der Waals surface area contributed by atoms with Gasteiger partial charge in [0.1, 0.15) is 5.65 Å². The van der Waals surface area contributed by atoms with Crippen LogP contribution in [-0.4, -0.2) is 63.7 Å². The summed E-state index contributed by atoms with van der Waals surface area (Å²) in [6.07, 6.45) is 6.24. The van der Waals surface area contributed by atoms with Crippen molar-refractivity contribution in [3.8, 4) is 11.3 Å². The van der Waals surface area contributed by atoms with Crippen LogP contribution in [0.1, 0.15) is 49.9 Å². The Morgan fingerprint density at radius 2 is 2.07 bits per heavy atom. The van der Waals surface area contributed by atoms with Gasteiger partial charge in [0.05, 0.1) is 31.5 Å². The molecule has 0 unspecified atom stereocenters. The van der Waals surface area contributed by atoms with Crippen LogP contribution in [-0.2, 0) is 11.3 Å². The Balaban J connectivity index is 1.43. The number of likely N-dealkylation sites (tertiary alicyclic amines) is 1. The number of H-pyrrole nitrogens is 1. The van der Waals surface area contributed by atoms with Crippen LogP contribution in [0.3, 0.4) is 0 Å². The fraction of sp³-hybridized carbons (Fsp3) is 0.522. The predicted octanol–water partition coefficient (Wildman–Crippen LogP) is 3.79. The summed E-state index contributed by atoms with van der Waals surface area (Å²) in [5.41, 5.74) is 5.41. The number of hydrogen-bond acceptors (Lipinski definition) is 5. The summed E-state index contributed by atoms with van der Waals surface area (Å²) in [4.78, 5) is 14.5. The molecule has 2 saturated heterocycles. The summed E-state index contributed by atoms with van der Waals surface area (Å²) < 4.78 is 7.60. The molecule has 158 valence electrons. The van der Waals surface area contributed by atoms with E-state index in [1.54, 1.807) is 0 Å². The van der Waals surface area contributed by atoms with Crippen molar-refractivity contribution in [1.29, 1.82) is 0 Å². The molecule has 2 aliphatic heterocycles. The zero-order valence-corrected chi connectivity index (χ0v) is 17.8. The van der Waals surface area contributed by atoms with Crippen LogP contribution in [0.5, 0.6) is 0 Å². The van der Waals surface area contributed by atoms with Gasteiger partial charge < -0.3 is 9.72 Å². The normalized spacial score (nSPS) is 18.9. The lowest BCUT2D eigenvalue weighted by Crippen LogP contribution is -2.51. The van der Waals surface area contributed by atoms with Gasteiger partial charge in [0, 0.05) is 46.6 Å². The number of piperidine rings is 1. The molecule has 0 aromatic carbocycles. The average molecular weight is 407 g/mol. The lowest BCUT2D eigenvalue weighted by Gasteiger charge is -2.41. The molecule has 0 spiro atoms. The third-order valence-electron chi connectivity index (χ3n) is 6.53. The van der Waals surface area contributed by atoms with E-state index in [0.717, 1.165) is 54.2 Å². The van der Waals surface area contributed by atoms with Crippen molar-refractivity contribution >= 4 is 17.8 Å². The molecule has 0 radical (unpaired) electrons. The van der Waals surface area contributed by atoms with E-state index in [-0.39, 0.29) is 0 Å². The van der Waals surface area contributed by atoms with Gasteiger partial charge in [0.2, 0.25) is 0 Å². The van der Waals surface area contributed by atoms with Gasteiger partial charge in [-0.15, -0.1) is 0 Å². The van der Waals surface area contributed by atoms with Gasteiger partial charge in [-0.1, -0.05) is 0 Å². The van der Waals surface area contributed by atoms with E-state index in [0.29, 0.717) is 24.5 Å². The number of pyridine rings is 1. The van der Waals surface area contributed by atoms with Crippen LogP contribution >= 0.6 is 0 Å². The van der Waals surface area contributed by atoms with Gasteiger partial charge >= 0.3 is 0 Å². The number of nitrogens with zero attached hydrogens (tertiary/aromatic N) is 5.